The molecule has 2 aromatic rings. The number of amides is 3. The lowest BCUT2D eigenvalue weighted by Crippen LogP contribution is -2.55. The van der Waals surface area contributed by atoms with Gasteiger partial charge in [-0.25, -0.2) is 4.39 Å². The molecule has 0 bridgehead atoms. The molecule has 0 aromatic heterocycles. The summed E-state index contributed by atoms with van der Waals surface area (Å²) in [6, 6.07) is 12.9. The predicted molar refractivity (Wildman–Crippen MR) is 102 cm³/mol. The monoisotopic (exact) mass is 381 g/mol. The van der Waals surface area contributed by atoms with Crippen LogP contribution in [0.15, 0.2) is 48.5 Å². The van der Waals surface area contributed by atoms with Crippen LogP contribution in [0.2, 0.25) is 0 Å². The molecule has 1 spiro atoms. The number of nitrogens with one attached hydrogen (secondary N) is 1. The van der Waals surface area contributed by atoms with Crippen LogP contribution < -0.4 is 10.2 Å². The van der Waals surface area contributed by atoms with Gasteiger partial charge in [-0.3, -0.25) is 14.4 Å². The maximum atomic E-state index is 13.3. The van der Waals surface area contributed by atoms with Gasteiger partial charge in [-0.15, -0.1) is 0 Å². The van der Waals surface area contributed by atoms with E-state index in [2.05, 4.69) is 5.32 Å². The number of likely N-dealkylation sites (tertiary alicyclic amines) is 1. The van der Waals surface area contributed by atoms with E-state index in [-0.39, 0.29) is 18.1 Å². The van der Waals surface area contributed by atoms with Crippen molar-refractivity contribution in [1.82, 2.24) is 4.90 Å². The van der Waals surface area contributed by atoms with Gasteiger partial charge >= 0.3 is 11.8 Å². The Balaban J connectivity index is 1.56. The Bertz CT molecular complexity index is 977. The number of fused-ring (bicyclic) bond motifs is 2. The minimum Gasteiger partial charge on any atom is -0.333 e. The van der Waals surface area contributed by atoms with Gasteiger partial charge in [-0.05, 0) is 42.7 Å². The first kappa shape index (κ1) is 18.2. The molecule has 28 heavy (non-hydrogen) atoms. The zero-order valence-corrected chi connectivity index (χ0v) is 15.4. The summed E-state index contributed by atoms with van der Waals surface area (Å²) < 4.78 is 13.3. The number of para-hydroxylation sites is 1. The standard InChI is InChI=1S/C21H20FN3O3/c1-24-17-9-3-2-8-16(17)21(20(24)28)10-5-11-25(13-21)19(27)18(26)23-15-7-4-6-14(22)12-15/h2-4,6-9,12H,5,10-11,13H2,1H3,(H,23,26)/t21-/m1/s1. The van der Waals surface area contributed by atoms with Crippen molar-refractivity contribution < 1.29 is 18.8 Å². The van der Waals surface area contributed by atoms with Gasteiger partial charge < -0.3 is 15.1 Å². The Morgan fingerprint density at radius 2 is 1.93 bits per heavy atom. The Labute approximate surface area is 161 Å². The van der Waals surface area contributed by atoms with Crippen LogP contribution in [-0.2, 0) is 19.8 Å². The molecule has 2 aliphatic rings. The van der Waals surface area contributed by atoms with Crippen molar-refractivity contribution in [3.05, 3.63) is 59.9 Å². The molecule has 2 aliphatic heterocycles. The van der Waals surface area contributed by atoms with Gasteiger partial charge in [0.05, 0.1) is 5.41 Å². The fourth-order valence-electron chi connectivity index (χ4n) is 4.23. The highest BCUT2D eigenvalue weighted by Crippen LogP contribution is 2.46. The molecule has 0 unspecified atom stereocenters. The number of rotatable bonds is 1. The van der Waals surface area contributed by atoms with Crippen molar-refractivity contribution in [2.45, 2.75) is 18.3 Å². The van der Waals surface area contributed by atoms with E-state index in [0.717, 1.165) is 17.3 Å². The highest BCUT2D eigenvalue weighted by atomic mass is 19.1. The first-order valence-electron chi connectivity index (χ1n) is 9.16. The van der Waals surface area contributed by atoms with Gasteiger partial charge in [0.15, 0.2) is 0 Å². The Morgan fingerprint density at radius 1 is 1.14 bits per heavy atom. The van der Waals surface area contributed by atoms with Crippen LogP contribution in [0.4, 0.5) is 15.8 Å². The van der Waals surface area contributed by atoms with E-state index in [0.29, 0.717) is 19.4 Å². The van der Waals surface area contributed by atoms with E-state index in [4.69, 9.17) is 0 Å². The summed E-state index contributed by atoms with van der Waals surface area (Å²) in [5.74, 6) is -2.12. The summed E-state index contributed by atoms with van der Waals surface area (Å²) in [5, 5.41) is 2.43. The van der Waals surface area contributed by atoms with Crippen LogP contribution >= 0.6 is 0 Å². The van der Waals surface area contributed by atoms with Crippen molar-refractivity contribution in [1.29, 1.82) is 0 Å². The first-order valence-corrected chi connectivity index (χ1v) is 9.16. The molecule has 4 rings (SSSR count). The van der Waals surface area contributed by atoms with Gasteiger partial charge in [-0.1, -0.05) is 24.3 Å². The van der Waals surface area contributed by atoms with Gasteiger partial charge in [-0.2, -0.15) is 0 Å². The number of carbonyl (C=O) groups excluding carboxylic acids is 3. The Kier molecular flexibility index (Phi) is 4.37. The Hall–Kier alpha value is -3.22. The van der Waals surface area contributed by atoms with Crippen LogP contribution in [0.5, 0.6) is 0 Å². The van der Waals surface area contributed by atoms with Crippen molar-refractivity contribution in [3.63, 3.8) is 0 Å². The van der Waals surface area contributed by atoms with E-state index < -0.39 is 23.0 Å². The number of carbonyl (C=O) groups is 3. The topological polar surface area (TPSA) is 69.7 Å². The summed E-state index contributed by atoms with van der Waals surface area (Å²) >= 11 is 0. The van der Waals surface area contributed by atoms with Crippen LogP contribution in [0.3, 0.4) is 0 Å². The molecule has 0 radical (unpaired) electrons. The predicted octanol–water partition coefficient (Wildman–Crippen LogP) is 2.30. The van der Waals surface area contributed by atoms with Gasteiger partial charge in [0.25, 0.3) is 0 Å². The number of nitrogens with zero attached hydrogens (tertiary/aromatic N) is 2. The second-order valence-corrected chi connectivity index (χ2v) is 7.26. The summed E-state index contributed by atoms with van der Waals surface area (Å²) in [6.45, 7) is 0.554. The molecule has 6 nitrogen and oxygen atoms in total. The molecule has 0 saturated carbocycles. The maximum Gasteiger partial charge on any atom is 0.313 e. The average Bonchev–Trinajstić information content (AvgIpc) is 2.90. The quantitative estimate of drug-likeness (QED) is 0.771. The van der Waals surface area contributed by atoms with E-state index >= 15 is 0 Å². The van der Waals surface area contributed by atoms with Gasteiger partial charge in [0, 0.05) is 31.5 Å². The lowest BCUT2D eigenvalue weighted by molar-refractivity contribution is -0.145. The van der Waals surface area contributed by atoms with E-state index in [1.165, 1.54) is 23.1 Å². The summed E-state index contributed by atoms with van der Waals surface area (Å²) in [7, 11) is 1.73. The van der Waals surface area contributed by atoms with Gasteiger partial charge in [0.1, 0.15) is 5.82 Å². The zero-order valence-electron chi connectivity index (χ0n) is 15.4. The molecule has 3 amide bonds. The second-order valence-electron chi connectivity index (χ2n) is 7.26. The number of hydrogen-bond donors (Lipinski definition) is 1. The number of benzene rings is 2. The average molecular weight is 381 g/mol. The summed E-state index contributed by atoms with van der Waals surface area (Å²) in [6.07, 6.45) is 1.25. The minimum atomic E-state index is -0.838. The van der Waals surface area contributed by atoms with Crippen molar-refractivity contribution >= 4 is 29.1 Å². The molecule has 2 aromatic carbocycles. The smallest absolute Gasteiger partial charge is 0.313 e. The number of hydrogen-bond acceptors (Lipinski definition) is 3. The SMILES string of the molecule is CN1C(=O)[C@@]2(CCCN(C(=O)C(=O)Nc3cccc(F)c3)C2)c2ccccc21. The molecular formula is C21H20FN3O3. The fraction of sp³-hybridized carbons (Fsp3) is 0.286. The van der Waals surface area contributed by atoms with E-state index in [9.17, 15) is 18.8 Å². The second kappa shape index (κ2) is 6.74. The molecule has 144 valence electrons. The molecule has 0 aliphatic carbocycles. The van der Waals surface area contributed by atoms with E-state index in [1.54, 1.807) is 11.9 Å². The number of halogens is 1. The van der Waals surface area contributed by atoms with Crippen molar-refractivity contribution in [2.75, 3.05) is 30.4 Å². The van der Waals surface area contributed by atoms with Crippen LogP contribution in [0.1, 0.15) is 18.4 Å². The summed E-state index contributed by atoms with van der Waals surface area (Å²) in [5.41, 5.74) is 1.13. The molecule has 1 N–H and O–H groups in total. The molecule has 1 fully saturated rings. The van der Waals surface area contributed by atoms with Crippen molar-refractivity contribution in [2.24, 2.45) is 0 Å². The number of anilines is 2. The fourth-order valence-corrected chi connectivity index (χ4v) is 4.23. The number of piperidine rings is 1. The third-order valence-electron chi connectivity index (χ3n) is 5.55. The normalized spacial score (nSPS) is 21.0. The van der Waals surface area contributed by atoms with Gasteiger partial charge in [0.2, 0.25) is 5.91 Å². The molecule has 7 heteroatoms. The highest BCUT2D eigenvalue weighted by molar-refractivity contribution is 6.39. The maximum absolute atomic E-state index is 13.3. The van der Waals surface area contributed by atoms with Crippen LogP contribution in [0.25, 0.3) is 0 Å². The minimum absolute atomic E-state index is 0.0586. The third-order valence-corrected chi connectivity index (χ3v) is 5.55. The lowest BCUT2D eigenvalue weighted by atomic mass is 9.75. The zero-order chi connectivity index (χ0) is 19.9. The number of likely N-dealkylation sites (N-methyl/N-ethyl adjacent to an activating group) is 1. The Morgan fingerprint density at radius 3 is 2.71 bits per heavy atom. The first-order chi connectivity index (χ1) is 13.4. The largest absolute Gasteiger partial charge is 0.333 e. The third kappa shape index (κ3) is 2.83. The molecule has 2 heterocycles. The van der Waals surface area contributed by atoms with E-state index in [1.807, 2.05) is 24.3 Å². The molecule has 1 saturated heterocycles. The van der Waals surface area contributed by atoms with Crippen molar-refractivity contribution in [3.8, 4) is 0 Å². The molecular weight excluding hydrogens is 361 g/mol. The summed E-state index contributed by atoms with van der Waals surface area (Å²) in [4.78, 5) is 41.2. The van der Waals surface area contributed by atoms with Crippen LogP contribution in [0, 0.1) is 5.82 Å². The van der Waals surface area contributed by atoms with Crippen LogP contribution in [-0.4, -0.2) is 42.8 Å². The highest BCUT2D eigenvalue weighted by Gasteiger charge is 2.52. The molecule has 1 atom stereocenters. The lowest BCUT2D eigenvalue weighted by Gasteiger charge is -2.39.